The van der Waals surface area contributed by atoms with Gasteiger partial charge in [0.2, 0.25) is 5.91 Å². The van der Waals surface area contributed by atoms with Crippen LogP contribution in [0.3, 0.4) is 0 Å². The zero-order valence-electron chi connectivity index (χ0n) is 17.3. The standard InChI is InChI=1S/C24H23ClNO3PS/c1-3-29-23(28)19-16-22(27)26(24(19,2)20-14-15-21(25)31-20)30(17-10-6-4-7-11-17)18-12-8-5-9-13-18/h4-15,19H,3,16H2,1-2H3. The number of carbonyl (C=O) groups excluding carboxylic acids is 2. The molecule has 1 aliphatic heterocycles. The highest BCUT2D eigenvalue weighted by Gasteiger charge is 2.58. The van der Waals surface area contributed by atoms with E-state index in [0.29, 0.717) is 4.34 Å². The van der Waals surface area contributed by atoms with Gasteiger partial charge in [0, 0.05) is 21.9 Å². The van der Waals surface area contributed by atoms with Gasteiger partial charge in [0.05, 0.1) is 30.5 Å². The summed E-state index contributed by atoms with van der Waals surface area (Å²) in [6, 6.07) is 23.8. The van der Waals surface area contributed by atoms with Crippen LogP contribution in [0.4, 0.5) is 0 Å². The summed E-state index contributed by atoms with van der Waals surface area (Å²) in [4.78, 5) is 27.5. The van der Waals surface area contributed by atoms with E-state index in [2.05, 4.69) is 0 Å². The van der Waals surface area contributed by atoms with Gasteiger partial charge >= 0.3 is 5.97 Å². The largest absolute Gasteiger partial charge is 0.466 e. The Morgan fingerprint density at radius 3 is 2.16 bits per heavy atom. The summed E-state index contributed by atoms with van der Waals surface area (Å²) in [7, 11) is -1.21. The summed E-state index contributed by atoms with van der Waals surface area (Å²) < 4.78 is 7.95. The van der Waals surface area contributed by atoms with Gasteiger partial charge in [-0.3, -0.25) is 9.59 Å². The lowest BCUT2D eigenvalue weighted by molar-refractivity contribution is -0.150. The second kappa shape index (κ2) is 9.12. The molecule has 2 atom stereocenters. The van der Waals surface area contributed by atoms with Crippen molar-refractivity contribution in [2.45, 2.75) is 25.8 Å². The molecule has 0 bridgehead atoms. The fraction of sp³-hybridized carbons (Fsp3) is 0.250. The highest BCUT2D eigenvalue weighted by molar-refractivity contribution is 7.71. The quantitative estimate of drug-likeness (QED) is 0.372. The molecule has 1 aliphatic rings. The third-order valence-electron chi connectivity index (χ3n) is 5.58. The average molecular weight is 472 g/mol. The molecule has 1 aromatic heterocycles. The summed E-state index contributed by atoms with van der Waals surface area (Å²) in [6.45, 7) is 4.03. The molecule has 0 N–H and O–H groups in total. The molecule has 0 radical (unpaired) electrons. The van der Waals surface area contributed by atoms with Crippen molar-refractivity contribution in [1.29, 1.82) is 0 Å². The number of benzene rings is 2. The van der Waals surface area contributed by atoms with Crippen molar-refractivity contribution in [3.8, 4) is 0 Å². The topological polar surface area (TPSA) is 46.6 Å². The lowest BCUT2D eigenvalue weighted by Crippen LogP contribution is -2.46. The summed E-state index contributed by atoms with van der Waals surface area (Å²) in [5.41, 5.74) is -0.863. The van der Waals surface area contributed by atoms with Gasteiger partial charge in [-0.25, -0.2) is 0 Å². The normalized spacial score (nSPS) is 21.0. The minimum absolute atomic E-state index is 0.0520. The molecule has 2 aromatic carbocycles. The van der Waals surface area contributed by atoms with Gasteiger partial charge in [0.15, 0.2) is 0 Å². The average Bonchev–Trinajstić information content (AvgIpc) is 3.33. The van der Waals surface area contributed by atoms with Crippen LogP contribution in [0.5, 0.6) is 0 Å². The van der Waals surface area contributed by atoms with Crippen LogP contribution in [0.15, 0.2) is 72.8 Å². The number of ether oxygens (including phenoxy) is 1. The van der Waals surface area contributed by atoms with Gasteiger partial charge in [-0.15, -0.1) is 11.3 Å². The van der Waals surface area contributed by atoms with Crippen molar-refractivity contribution >= 4 is 53.5 Å². The molecule has 1 fully saturated rings. The molecule has 2 unspecified atom stereocenters. The van der Waals surface area contributed by atoms with Crippen LogP contribution in [0.25, 0.3) is 0 Å². The predicted octanol–water partition coefficient (Wildman–Crippen LogP) is 5.08. The van der Waals surface area contributed by atoms with E-state index in [-0.39, 0.29) is 24.9 Å². The van der Waals surface area contributed by atoms with Crippen molar-refractivity contribution in [1.82, 2.24) is 4.67 Å². The Hall–Kier alpha value is -2.20. The third-order valence-corrected chi connectivity index (χ3v) is 9.65. The Morgan fingerprint density at radius 2 is 1.68 bits per heavy atom. The van der Waals surface area contributed by atoms with Crippen LogP contribution in [-0.2, 0) is 19.9 Å². The smallest absolute Gasteiger partial charge is 0.312 e. The fourth-order valence-electron chi connectivity index (χ4n) is 4.12. The molecule has 1 saturated heterocycles. The zero-order valence-corrected chi connectivity index (χ0v) is 19.8. The van der Waals surface area contributed by atoms with Crippen molar-refractivity contribution in [3.63, 3.8) is 0 Å². The van der Waals surface area contributed by atoms with E-state index in [1.54, 1.807) is 6.92 Å². The van der Waals surface area contributed by atoms with Crippen LogP contribution in [0.1, 0.15) is 25.1 Å². The van der Waals surface area contributed by atoms with Gasteiger partial charge in [0.25, 0.3) is 0 Å². The molecule has 7 heteroatoms. The summed E-state index contributed by atoms with van der Waals surface area (Å²) in [6.07, 6.45) is 0.114. The Bertz CT molecular complexity index is 1040. The zero-order chi connectivity index (χ0) is 22.0. The van der Waals surface area contributed by atoms with E-state index in [4.69, 9.17) is 16.3 Å². The molecule has 4 rings (SSSR count). The van der Waals surface area contributed by atoms with E-state index in [9.17, 15) is 9.59 Å². The van der Waals surface area contributed by atoms with E-state index < -0.39 is 19.5 Å². The third kappa shape index (κ3) is 4.03. The maximum atomic E-state index is 13.6. The van der Waals surface area contributed by atoms with Crippen LogP contribution in [0.2, 0.25) is 4.34 Å². The highest BCUT2D eigenvalue weighted by atomic mass is 35.5. The first-order chi connectivity index (χ1) is 15.0. The number of hydrogen-bond acceptors (Lipinski definition) is 4. The molecule has 0 spiro atoms. The first-order valence-corrected chi connectivity index (χ1v) is 12.6. The van der Waals surface area contributed by atoms with E-state index in [1.807, 2.05) is 84.4 Å². The summed E-state index contributed by atoms with van der Waals surface area (Å²) >= 11 is 7.70. The van der Waals surface area contributed by atoms with Crippen molar-refractivity contribution in [3.05, 3.63) is 82.0 Å². The van der Waals surface area contributed by atoms with Crippen molar-refractivity contribution in [2.75, 3.05) is 6.61 Å². The Balaban J connectivity index is 1.92. The van der Waals surface area contributed by atoms with Crippen LogP contribution in [0, 0.1) is 5.92 Å². The van der Waals surface area contributed by atoms with Crippen LogP contribution >= 0.6 is 31.0 Å². The molecular weight excluding hydrogens is 449 g/mol. The molecule has 0 aliphatic carbocycles. The summed E-state index contributed by atoms with van der Waals surface area (Å²) in [5, 5.41) is 2.10. The van der Waals surface area contributed by atoms with Gasteiger partial charge in [-0.05, 0) is 26.0 Å². The first kappa shape index (κ1) is 22.0. The van der Waals surface area contributed by atoms with E-state index >= 15 is 0 Å². The minimum Gasteiger partial charge on any atom is -0.466 e. The Kier molecular flexibility index (Phi) is 6.47. The van der Waals surface area contributed by atoms with Gasteiger partial charge in [0.1, 0.15) is 0 Å². The predicted molar refractivity (Wildman–Crippen MR) is 127 cm³/mol. The minimum atomic E-state index is -1.21. The molecule has 1 amide bonds. The second-order valence-corrected chi connectivity index (χ2v) is 11.2. The molecule has 3 aromatic rings. The number of thiophene rings is 1. The number of amides is 1. The Labute approximate surface area is 192 Å². The van der Waals surface area contributed by atoms with E-state index in [0.717, 1.165) is 15.5 Å². The monoisotopic (exact) mass is 471 g/mol. The van der Waals surface area contributed by atoms with Crippen LogP contribution < -0.4 is 10.6 Å². The number of esters is 1. The molecular formula is C24H23ClNO3PS. The van der Waals surface area contributed by atoms with Gasteiger partial charge in [-0.2, -0.15) is 0 Å². The lowest BCUT2D eigenvalue weighted by Gasteiger charge is -2.42. The number of halogens is 1. The molecule has 4 nitrogen and oxygen atoms in total. The Morgan fingerprint density at radius 1 is 1.10 bits per heavy atom. The van der Waals surface area contributed by atoms with E-state index in [1.165, 1.54) is 11.3 Å². The summed E-state index contributed by atoms with van der Waals surface area (Å²) in [5.74, 6) is -1.00. The number of nitrogens with zero attached hydrogens (tertiary/aromatic N) is 1. The maximum Gasteiger partial charge on any atom is 0.312 e. The highest BCUT2D eigenvalue weighted by Crippen LogP contribution is 2.57. The molecule has 31 heavy (non-hydrogen) atoms. The van der Waals surface area contributed by atoms with Gasteiger partial charge in [-0.1, -0.05) is 72.3 Å². The second-order valence-electron chi connectivity index (χ2n) is 7.45. The fourth-order valence-corrected chi connectivity index (χ4v) is 8.06. The van der Waals surface area contributed by atoms with Gasteiger partial charge < -0.3 is 9.41 Å². The number of hydrogen-bond donors (Lipinski definition) is 0. The number of rotatable bonds is 6. The molecule has 160 valence electrons. The SMILES string of the molecule is CCOC(=O)C1CC(=O)N(P(c2ccccc2)c2ccccc2)C1(C)c1ccc(Cl)s1. The molecule has 0 saturated carbocycles. The van der Waals surface area contributed by atoms with Crippen molar-refractivity contribution in [2.24, 2.45) is 5.92 Å². The number of carbonyl (C=O) groups is 2. The van der Waals surface area contributed by atoms with Crippen LogP contribution in [-0.4, -0.2) is 23.2 Å². The maximum absolute atomic E-state index is 13.6. The first-order valence-electron chi connectivity index (χ1n) is 10.1. The lowest BCUT2D eigenvalue weighted by atomic mass is 9.86. The van der Waals surface area contributed by atoms with Crippen molar-refractivity contribution < 1.29 is 14.3 Å². The molecule has 2 heterocycles.